The Hall–Kier alpha value is -1.68. The van der Waals surface area contributed by atoms with Crippen LogP contribution in [-0.2, 0) is 10.0 Å². The third-order valence-corrected chi connectivity index (χ3v) is 5.77. The van der Waals surface area contributed by atoms with Crippen LogP contribution in [0.5, 0.6) is 0 Å². The molecule has 2 heterocycles. The lowest BCUT2D eigenvalue weighted by Gasteiger charge is -2.32. The van der Waals surface area contributed by atoms with Gasteiger partial charge in [0.2, 0.25) is 10.0 Å². The molecule has 1 aromatic heterocycles. The maximum Gasteiger partial charge on any atom is 0.326 e. The number of benzene rings is 1. The molecule has 3 N–H and O–H groups in total. The molecule has 0 radical (unpaired) electrons. The summed E-state index contributed by atoms with van der Waals surface area (Å²) in [6, 6.07) is 3.98. The lowest BCUT2D eigenvalue weighted by atomic mass is 10.2. The fourth-order valence-corrected chi connectivity index (χ4v) is 4.28. The summed E-state index contributed by atoms with van der Waals surface area (Å²) in [4.78, 5) is 27.7. The van der Waals surface area contributed by atoms with Crippen LogP contribution in [0.25, 0.3) is 10.9 Å². The zero-order chi connectivity index (χ0) is 15.9. The first-order chi connectivity index (χ1) is 10.4. The fraction of sp³-hybridized carbons (Fsp3) is 0.385. The topological polar surface area (TPSA) is 115 Å². The van der Waals surface area contributed by atoms with Gasteiger partial charge < -0.3 is 10.3 Å². The number of piperazine rings is 1. The lowest BCUT2D eigenvalue weighted by molar-refractivity contribution is 0.284. The first-order valence-corrected chi connectivity index (χ1v) is 8.32. The van der Waals surface area contributed by atoms with E-state index in [2.05, 4.69) is 15.3 Å². The Labute approximate surface area is 138 Å². The molecule has 0 saturated carbocycles. The van der Waals surface area contributed by atoms with Crippen LogP contribution in [0.4, 0.5) is 0 Å². The Morgan fingerprint density at radius 2 is 1.96 bits per heavy atom. The first-order valence-electron chi connectivity index (χ1n) is 6.88. The third-order valence-electron chi connectivity index (χ3n) is 3.76. The van der Waals surface area contributed by atoms with Crippen LogP contribution in [-0.4, -0.2) is 48.4 Å². The molecule has 8 nitrogen and oxygen atoms in total. The average molecular weight is 361 g/mol. The molecule has 3 rings (SSSR count). The van der Waals surface area contributed by atoms with Crippen LogP contribution in [0, 0.1) is 0 Å². The molecule has 1 unspecified atom stereocenters. The number of hydrogen-bond acceptors (Lipinski definition) is 5. The fourth-order valence-electron chi connectivity index (χ4n) is 2.62. The molecule has 10 heteroatoms. The van der Waals surface area contributed by atoms with Crippen LogP contribution in [0.3, 0.4) is 0 Å². The predicted molar refractivity (Wildman–Crippen MR) is 88.7 cm³/mol. The molecule has 1 aromatic carbocycles. The van der Waals surface area contributed by atoms with Gasteiger partial charge in [-0.3, -0.25) is 9.78 Å². The van der Waals surface area contributed by atoms with Crippen molar-refractivity contribution >= 4 is 33.3 Å². The molecule has 23 heavy (non-hydrogen) atoms. The summed E-state index contributed by atoms with van der Waals surface area (Å²) in [5.41, 5.74) is -0.922. The van der Waals surface area contributed by atoms with Gasteiger partial charge in [-0.1, -0.05) is 0 Å². The van der Waals surface area contributed by atoms with Crippen molar-refractivity contribution in [1.29, 1.82) is 0 Å². The van der Waals surface area contributed by atoms with Gasteiger partial charge in [-0.2, -0.15) is 4.31 Å². The standard InChI is InChI=1S/C13H16N4O4S.ClH/c1-8-7-14-4-5-17(8)22(20,21)9-2-3-11-10(6-9)12(18)16-13(19)15-11;/h2-3,6,8,14H,4-5,7H2,1H3,(H2,15,16,18,19);1H. The molecule has 2 aromatic rings. The molecule has 0 amide bonds. The molecule has 1 fully saturated rings. The number of H-pyrrole nitrogens is 2. The maximum atomic E-state index is 12.7. The summed E-state index contributed by atoms with van der Waals surface area (Å²) in [6.07, 6.45) is 0. The smallest absolute Gasteiger partial charge is 0.314 e. The van der Waals surface area contributed by atoms with E-state index in [1.165, 1.54) is 22.5 Å². The quantitative estimate of drug-likeness (QED) is 0.675. The lowest BCUT2D eigenvalue weighted by Crippen LogP contribution is -2.52. The number of sulfonamides is 1. The van der Waals surface area contributed by atoms with Crippen molar-refractivity contribution in [3.05, 3.63) is 39.0 Å². The minimum absolute atomic E-state index is 0. The highest BCUT2D eigenvalue weighted by atomic mass is 35.5. The normalized spacial score (nSPS) is 19.4. The molecule has 1 atom stereocenters. The SMILES string of the molecule is CC1CNCCN1S(=O)(=O)c1ccc2[nH]c(=O)[nH]c(=O)c2c1.Cl. The molecular weight excluding hydrogens is 344 g/mol. The van der Waals surface area contributed by atoms with Crippen molar-refractivity contribution in [1.82, 2.24) is 19.6 Å². The van der Waals surface area contributed by atoms with Gasteiger partial charge in [-0.05, 0) is 25.1 Å². The number of aromatic amines is 2. The van der Waals surface area contributed by atoms with Crippen molar-refractivity contribution in [2.24, 2.45) is 0 Å². The Balaban J connectivity index is 0.00000192. The second-order valence-corrected chi connectivity index (χ2v) is 7.18. The minimum atomic E-state index is -3.68. The maximum absolute atomic E-state index is 12.7. The number of nitrogens with zero attached hydrogens (tertiary/aromatic N) is 1. The average Bonchev–Trinajstić information content (AvgIpc) is 2.47. The van der Waals surface area contributed by atoms with E-state index < -0.39 is 21.3 Å². The van der Waals surface area contributed by atoms with E-state index in [0.29, 0.717) is 25.2 Å². The van der Waals surface area contributed by atoms with E-state index >= 15 is 0 Å². The number of rotatable bonds is 2. The Bertz CT molecular complexity index is 937. The number of halogens is 1. The van der Waals surface area contributed by atoms with E-state index in [-0.39, 0.29) is 28.7 Å². The second-order valence-electron chi connectivity index (χ2n) is 5.28. The van der Waals surface area contributed by atoms with Crippen molar-refractivity contribution in [3.8, 4) is 0 Å². The summed E-state index contributed by atoms with van der Waals surface area (Å²) >= 11 is 0. The summed E-state index contributed by atoms with van der Waals surface area (Å²) < 4.78 is 26.9. The highest BCUT2D eigenvalue weighted by Gasteiger charge is 2.31. The van der Waals surface area contributed by atoms with Crippen LogP contribution in [0.15, 0.2) is 32.7 Å². The summed E-state index contributed by atoms with van der Waals surface area (Å²) in [7, 11) is -3.68. The Kier molecular flexibility index (Phi) is 4.95. The predicted octanol–water partition coefficient (Wildman–Crippen LogP) is -0.379. The molecule has 0 aliphatic carbocycles. The van der Waals surface area contributed by atoms with Crippen molar-refractivity contribution in [3.63, 3.8) is 0 Å². The second kappa shape index (κ2) is 6.44. The van der Waals surface area contributed by atoms with E-state index in [0.717, 1.165) is 0 Å². The zero-order valence-corrected chi connectivity index (χ0v) is 14.0. The number of nitrogens with one attached hydrogen (secondary N) is 3. The molecule has 1 aliphatic rings. The third kappa shape index (κ3) is 3.18. The molecule has 0 bridgehead atoms. The highest BCUT2D eigenvalue weighted by molar-refractivity contribution is 7.89. The van der Waals surface area contributed by atoms with Gasteiger partial charge in [-0.15, -0.1) is 12.4 Å². The largest absolute Gasteiger partial charge is 0.326 e. The van der Waals surface area contributed by atoms with Crippen LogP contribution >= 0.6 is 12.4 Å². The first kappa shape index (κ1) is 17.7. The van der Waals surface area contributed by atoms with Gasteiger partial charge in [0, 0.05) is 25.7 Å². The number of hydrogen-bond donors (Lipinski definition) is 3. The molecular formula is C13H17ClN4O4S. The minimum Gasteiger partial charge on any atom is -0.314 e. The summed E-state index contributed by atoms with van der Waals surface area (Å²) in [5, 5.41) is 3.27. The monoisotopic (exact) mass is 360 g/mol. The highest BCUT2D eigenvalue weighted by Crippen LogP contribution is 2.21. The van der Waals surface area contributed by atoms with Crippen molar-refractivity contribution in [2.45, 2.75) is 17.9 Å². The number of aromatic nitrogens is 2. The van der Waals surface area contributed by atoms with Gasteiger partial charge in [0.1, 0.15) is 0 Å². The van der Waals surface area contributed by atoms with Crippen LogP contribution < -0.4 is 16.6 Å². The summed E-state index contributed by atoms with van der Waals surface area (Å²) in [5.74, 6) is 0. The van der Waals surface area contributed by atoms with Crippen molar-refractivity contribution < 1.29 is 8.42 Å². The molecule has 126 valence electrons. The van der Waals surface area contributed by atoms with E-state index in [4.69, 9.17) is 0 Å². The van der Waals surface area contributed by atoms with E-state index in [1.807, 2.05) is 6.92 Å². The van der Waals surface area contributed by atoms with Gasteiger partial charge in [0.25, 0.3) is 5.56 Å². The van der Waals surface area contributed by atoms with Gasteiger partial charge in [-0.25, -0.2) is 13.2 Å². The molecule has 0 spiro atoms. The Morgan fingerprint density at radius 1 is 1.22 bits per heavy atom. The number of fused-ring (bicyclic) bond motifs is 1. The van der Waals surface area contributed by atoms with Gasteiger partial charge >= 0.3 is 5.69 Å². The van der Waals surface area contributed by atoms with Crippen LogP contribution in [0.2, 0.25) is 0 Å². The van der Waals surface area contributed by atoms with Gasteiger partial charge in [0.15, 0.2) is 0 Å². The molecule has 1 aliphatic heterocycles. The molecule has 1 saturated heterocycles. The Morgan fingerprint density at radius 3 is 2.65 bits per heavy atom. The summed E-state index contributed by atoms with van der Waals surface area (Å²) in [6.45, 7) is 3.38. The van der Waals surface area contributed by atoms with E-state index in [1.54, 1.807) is 0 Å². The van der Waals surface area contributed by atoms with Gasteiger partial charge in [0.05, 0.1) is 15.8 Å². The van der Waals surface area contributed by atoms with Crippen molar-refractivity contribution in [2.75, 3.05) is 19.6 Å². The zero-order valence-electron chi connectivity index (χ0n) is 12.3. The van der Waals surface area contributed by atoms with E-state index in [9.17, 15) is 18.0 Å². The van der Waals surface area contributed by atoms with Crippen LogP contribution in [0.1, 0.15) is 6.92 Å².